The molecule has 0 amide bonds. The smallest absolute Gasteiger partial charge is 0.251 e. The normalized spacial score (nSPS) is 9.71. The molecule has 0 atom stereocenters. The minimum atomic E-state index is -1.22. The molecule has 0 aliphatic heterocycles. The van der Waals surface area contributed by atoms with E-state index >= 15 is 0 Å². The van der Waals surface area contributed by atoms with E-state index in [0.29, 0.717) is 0 Å². The summed E-state index contributed by atoms with van der Waals surface area (Å²) in [6.45, 7) is 0. The number of hydrogen-bond donors (Lipinski definition) is 0. The van der Waals surface area contributed by atoms with Crippen molar-refractivity contribution in [2.24, 2.45) is 0 Å². The van der Waals surface area contributed by atoms with Gasteiger partial charge in [0.05, 0.1) is 5.97 Å². The second kappa shape index (κ2) is 5.72. The van der Waals surface area contributed by atoms with Crippen molar-refractivity contribution in [1.82, 2.24) is 0 Å². The molecular formula is C9H7O3S2-. The van der Waals surface area contributed by atoms with Crippen LogP contribution in [0.5, 0.6) is 0 Å². The standard InChI is InChI=1S/C9H8O3S2/c10-8(11)6-13-9(12)14-7-4-2-1-3-5-7/h1-5H,6H2,(H,10,11)/p-1. The molecule has 1 aromatic rings. The number of aliphatic carboxylic acids is 1. The molecule has 0 unspecified atom stereocenters. The molecule has 1 aromatic carbocycles. The Labute approximate surface area is 89.9 Å². The Kier molecular flexibility index (Phi) is 4.55. The number of carbonyl (C=O) groups excluding carboxylic acids is 2. The van der Waals surface area contributed by atoms with Crippen LogP contribution in [0.3, 0.4) is 0 Å². The van der Waals surface area contributed by atoms with Crippen LogP contribution >= 0.6 is 23.5 Å². The molecule has 0 aromatic heterocycles. The Bertz CT molecular complexity index is 324. The van der Waals surface area contributed by atoms with E-state index in [2.05, 4.69) is 0 Å². The van der Waals surface area contributed by atoms with Gasteiger partial charge in [0.1, 0.15) is 0 Å². The Balaban J connectivity index is 2.38. The van der Waals surface area contributed by atoms with E-state index in [1.54, 1.807) is 12.1 Å². The van der Waals surface area contributed by atoms with Gasteiger partial charge in [-0.3, -0.25) is 4.79 Å². The Morgan fingerprint density at radius 3 is 2.43 bits per heavy atom. The zero-order valence-corrected chi connectivity index (χ0v) is 8.77. The van der Waals surface area contributed by atoms with Gasteiger partial charge in [-0.1, -0.05) is 30.0 Å². The molecule has 0 fully saturated rings. The highest BCUT2D eigenvalue weighted by Gasteiger charge is 2.04. The minimum Gasteiger partial charge on any atom is -0.549 e. The highest BCUT2D eigenvalue weighted by molar-refractivity contribution is 8.38. The summed E-state index contributed by atoms with van der Waals surface area (Å²) in [4.78, 5) is 22.0. The summed E-state index contributed by atoms with van der Waals surface area (Å²) >= 11 is 1.76. The minimum absolute atomic E-state index is 0.236. The number of hydrogen-bond acceptors (Lipinski definition) is 5. The molecule has 0 aliphatic rings. The molecule has 0 bridgehead atoms. The third kappa shape index (κ3) is 4.34. The first kappa shape index (κ1) is 11.1. The first-order valence-corrected chi connectivity index (χ1v) is 5.58. The number of rotatable bonds is 3. The van der Waals surface area contributed by atoms with Crippen LogP contribution in [0.4, 0.5) is 4.79 Å². The quantitative estimate of drug-likeness (QED) is 0.730. The van der Waals surface area contributed by atoms with E-state index in [1.807, 2.05) is 18.2 Å². The number of benzene rings is 1. The van der Waals surface area contributed by atoms with Gasteiger partial charge < -0.3 is 9.90 Å². The largest absolute Gasteiger partial charge is 0.549 e. The second-order valence-electron chi connectivity index (χ2n) is 2.33. The third-order valence-electron chi connectivity index (χ3n) is 1.25. The third-order valence-corrected chi connectivity index (χ3v) is 3.15. The average Bonchev–Trinajstić information content (AvgIpc) is 2.16. The van der Waals surface area contributed by atoms with Gasteiger partial charge in [-0.15, -0.1) is 0 Å². The Morgan fingerprint density at radius 1 is 1.21 bits per heavy atom. The molecule has 0 saturated heterocycles. The number of carboxylic acid groups (broad SMARTS) is 1. The summed E-state index contributed by atoms with van der Waals surface area (Å²) in [7, 11) is 0. The first-order valence-electron chi connectivity index (χ1n) is 3.78. The van der Waals surface area contributed by atoms with Gasteiger partial charge in [-0.05, 0) is 23.9 Å². The van der Waals surface area contributed by atoms with Gasteiger partial charge in [-0.25, -0.2) is 0 Å². The average molecular weight is 227 g/mol. The highest BCUT2D eigenvalue weighted by Crippen LogP contribution is 2.24. The van der Waals surface area contributed by atoms with E-state index in [0.717, 1.165) is 28.4 Å². The van der Waals surface area contributed by atoms with Crippen molar-refractivity contribution < 1.29 is 14.7 Å². The number of carbonyl (C=O) groups is 2. The molecule has 0 N–H and O–H groups in total. The van der Waals surface area contributed by atoms with Crippen molar-refractivity contribution in [1.29, 1.82) is 0 Å². The highest BCUT2D eigenvalue weighted by atomic mass is 32.2. The van der Waals surface area contributed by atoms with E-state index in [-0.39, 0.29) is 10.2 Å². The maximum absolute atomic E-state index is 11.2. The molecule has 1 rings (SSSR count). The molecule has 0 radical (unpaired) electrons. The van der Waals surface area contributed by atoms with Crippen molar-refractivity contribution in [3.63, 3.8) is 0 Å². The van der Waals surface area contributed by atoms with Crippen LogP contribution in [0, 0.1) is 0 Å². The molecule has 0 saturated carbocycles. The summed E-state index contributed by atoms with van der Waals surface area (Å²) in [6, 6.07) is 9.07. The molecule has 0 heterocycles. The number of carboxylic acids is 1. The fraction of sp³-hybridized carbons (Fsp3) is 0.111. The molecule has 0 aliphatic carbocycles. The SMILES string of the molecule is O=C([O-])CSC(=O)Sc1ccccc1. The fourth-order valence-corrected chi connectivity index (χ4v) is 2.15. The summed E-state index contributed by atoms with van der Waals surface area (Å²) in [5.41, 5.74) is 0. The molecule has 14 heavy (non-hydrogen) atoms. The van der Waals surface area contributed by atoms with Crippen LogP contribution in [0.2, 0.25) is 0 Å². The maximum Gasteiger partial charge on any atom is 0.251 e. The molecule has 5 heteroatoms. The number of thioether (sulfide) groups is 2. The molecular weight excluding hydrogens is 220 g/mol. The van der Waals surface area contributed by atoms with E-state index in [4.69, 9.17) is 0 Å². The topological polar surface area (TPSA) is 57.2 Å². The lowest BCUT2D eigenvalue weighted by molar-refractivity contribution is -0.301. The lowest BCUT2D eigenvalue weighted by Crippen LogP contribution is -2.24. The molecule has 0 spiro atoms. The second-order valence-corrected chi connectivity index (χ2v) is 4.58. The monoisotopic (exact) mass is 227 g/mol. The lowest BCUT2D eigenvalue weighted by atomic mass is 10.4. The van der Waals surface area contributed by atoms with Crippen LogP contribution in [-0.4, -0.2) is 16.2 Å². The summed E-state index contributed by atoms with van der Waals surface area (Å²) in [5.74, 6) is -1.52. The van der Waals surface area contributed by atoms with E-state index in [1.165, 1.54) is 0 Å². The van der Waals surface area contributed by atoms with Crippen molar-refractivity contribution in [3.05, 3.63) is 30.3 Å². The first-order chi connectivity index (χ1) is 6.68. The van der Waals surface area contributed by atoms with Crippen molar-refractivity contribution >= 4 is 33.9 Å². The van der Waals surface area contributed by atoms with Gasteiger partial charge in [0.25, 0.3) is 4.45 Å². The molecule has 74 valence electrons. The van der Waals surface area contributed by atoms with Gasteiger partial charge >= 0.3 is 0 Å². The van der Waals surface area contributed by atoms with Crippen molar-refractivity contribution in [2.45, 2.75) is 4.90 Å². The summed E-state index contributed by atoms with van der Waals surface area (Å²) in [6.07, 6.45) is 0. The van der Waals surface area contributed by atoms with Crippen LogP contribution in [0.1, 0.15) is 0 Å². The summed E-state index contributed by atoms with van der Waals surface area (Å²) in [5, 5.41) is 10.1. The van der Waals surface area contributed by atoms with Gasteiger partial charge in [0, 0.05) is 10.6 Å². The zero-order valence-electron chi connectivity index (χ0n) is 7.14. The predicted molar refractivity (Wildman–Crippen MR) is 55.2 cm³/mol. The maximum atomic E-state index is 11.2. The van der Waals surface area contributed by atoms with Crippen LogP contribution < -0.4 is 5.11 Å². The van der Waals surface area contributed by atoms with Crippen LogP contribution in [-0.2, 0) is 4.79 Å². The Hall–Kier alpha value is -0.940. The van der Waals surface area contributed by atoms with Crippen molar-refractivity contribution in [2.75, 3.05) is 5.75 Å². The van der Waals surface area contributed by atoms with Gasteiger partial charge in [0.15, 0.2) is 0 Å². The predicted octanol–water partition coefficient (Wildman–Crippen LogP) is 1.38. The summed E-state index contributed by atoms with van der Waals surface area (Å²) < 4.78 is -0.236. The van der Waals surface area contributed by atoms with Gasteiger partial charge in [0.2, 0.25) is 0 Å². The van der Waals surface area contributed by atoms with Crippen LogP contribution in [0.15, 0.2) is 35.2 Å². The fourth-order valence-electron chi connectivity index (χ4n) is 0.732. The van der Waals surface area contributed by atoms with Gasteiger partial charge in [-0.2, -0.15) is 0 Å². The van der Waals surface area contributed by atoms with Crippen molar-refractivity contribution in [3.8, 4) is 0 Å². The van der Waals surface area contributed by atoms with E-state index < -0.39 is 5.97 Å². The zero-order chi connectivity index (χ0) is 10.4. The van der Waals surface area contributed by atoms with E-state index in [9.17, 15) is 14.7 Å². The van der Waals surface area contributed by atoms with Crippen LogP contribution in [0.25, 0.3) is 0 Å². The molecule has 3 nitrogen and oxygen atoms in total. The Morgan fingerprint density at radius 2 is 1.86 bits per heavy atom. The lowest BCUT2D eigenvalue weighted by Gasteiger charge is -2.00.